The Labute approximate surface area is 139 Å². The Balaban J connectivity index is 2.12. The monoisotopic (exact) mass is 327 g/mol. The summed E-state index contributed by atoms with van der Waals surface area (Å²) in [7, 11) is 0. The van der Waals surface area contributed by atoms with Gasteiger partial charge in [0.15, 0.2) is 11.6 Å². The summed E-state index contributed by atoms with van der Waals surface area (Å²) in [5.74, 6) is 1.78. The van der Waals surface area contributed by atoms with Crippen molar-refractivity contribution in [2.45, 2.75) is 33.2 Å². The Hall–Kier alpha value is -2.54. The number of benzene rings is 1. The van der Waals surface area contributed by atoms with Crippen molar-refractivity contribution in [3.63, 3.8) is 0 Å². The van der Waals surface area contributed by atoms with Crippen molar-refractivity contribution in [1.29, 1.82) is 0 Å². The van der Waals surface area contributed by atoms with Crippen molar-refractivity contribution in [1.82, 2.24) is 24.7 Å². The molecule has 7 nitrogen and oxygen atoms in total. The van der Waals surface area contributed by atoms with E-state index in [9.17, 15) is 9.90 Å². The number of aryl methyl sites for hydroxylation is 1. The minimum absolute atomic E-state index is 0.0545. The lowest BCUT2D eigenvalue weighted by Gasteiger charge is -2.06. The predicted octanol–water partition coefficient (Wildman–Crippen LogP) is 1.76. The lowest BCUT2D eigenvalue weighted by Crippen LogP contribution is -2.14. The maximum Gasteiger partial charge on any atom is 0.346 e. The van der Waals surface area contributed by atoms with Gasteiger partial charge < -0.3 is 10.1 Å². The van der Waals surface area contributed by atoms with Crippen molar-refractivity contribution in [3.05, 3.63) is 40.6 Å². The standard InChI is InChI=1S/C17H21N5O2/c1-11(2)7-8-14-19-16(22(21-14)9-10-23)15-12-5-3-4-6-13(12)18-17(24)20-15/h3-6,11,23H,7-10H2,1-2H3,(H,18,20,24). The van der Waals surface area contributed by atoms with Gasteiger partial charge in [-0.1, -0.05) is 32.0 Å². The van der Waals surface area contributed by atoms with Crippen molar-refractivity contribution in [3.8, 4) is 11.5 Å². The predicted molar refractivity (Wildman–Crippen MR) is 91.6 cm³/mol. The van der Waals surface area contributed by atoms with Gasteiger partial charge in [-0.15, -0.1) is 0 Å². The molecule has 0 bridgehead atoms. The van der Waals surface area contributed by atoms with E-state index in [1.165, 1.54) is 0 Å². The summed E-state index contributed by atoms with van der Waals surface area (Å²) in [4.78, 5) is 23.3. The van der Waals surface area contributed by atoms with Crippen LogP contribution in [0.5, 0.6) is 0 Å². The molecule has 1 aromatic carbocycles. The number of nitrogens with zero attached hydrogens (tertiary/aromatic N) is 4. The Morgan fingerprint density at radius 1 is 1.25 bits per heavy atom. The van der Waals surface area contributed by atoms with Crippen molar-refractivity contribution in [2.24, 2.45) is 5.92 Å². The second kappa shape index (κ2) is 6.92. The molecule has 0 aliphatic rings. The van der Waals surface area contributed by atoms with Gasteiger partial charge in [0.05, 0.1) is 18.7 Å². The molecule has 0 unspecified atom stereocenters. The molecular formula is C17H21N5O2. The van der Waals surface area contributed by atoms with Crippen LogP contribution in [0.25, 0.3) is 22.4 Å². The molecule has 24 heavy (non-hydrogen) atoms. The Morgan fingerprint density at radius 2 is 2.04 bits per heavy atom. The number of fused-ring (bicyclic) bond motifs is 1. The zero-order valence-corrected chi connectivity index (χ0v) is 13.9. The average molecular weight is 327 g/mol. The Kier molecular flexibility index (Phi) is 4.71. The summed E-state index contributed by atoms with van der Waals surface area (Å²) >= 11 is 0. The van der Waals surface area contributed by atoms with E-state index in [4.69, 9.17) is 0 Å². The maximum absolute atomic E-state index is 11.9. The third-order valence-electron chi connectivity index (χ3n) is 3.82. The number of nitrogens with one attached hydrogen (secondary N) is 1. The number of hydrogen-bond acceptors (Lipinski definition) is 5. The van der Waals surface area contributed by atoms with Crippen molar-refractivity contribution >= 4 is 10.9 Å². The number of hydrogen-bond donors (Lipinski definition) is 2. The normalized spacial score (nSPS) is 11.5. The van der Waals surface area contributed by atoms with Gasteiger partial charge in [-0.2, -0.15) is 10.1 Å². The third-order valence-corrected chi connectivity index (χ3v) is 3.82. The number of aromatic amines is 1. The summed E-state index contributed by atoms with van der Waals surface area (Å²) < 4.78 is 1.63. The molecule has 0 spiro atoms. The molecule has 2 N–H and O–H groups in total. The van der Waals surface area contributed by atoms with E-state index in [-0.39, 0.29) is 6.61 Å². The maximum atomic E-state index is 11.9. The summed E-state index contributed by atoms with van der Waals surface area (Å²) in [6.45, 7) is 4.56. The van der Waals surface area contributed by atoms with Gasteiger partial charge in [-0.05, 0) is 18.4 Å². The molecule has 0 amide bonds. The molecule has 7 heteroatoms. The Bertz CT molecular complexity index is 897. The van der Waals surface area contributed by atoms with Crippen LogP contribution < -0.4 is 5.69 Å². The summed E-state index contributed by atoms with van der Waals surface area (Å²) in [6.07, 6.45) is 1.73. The van der Waals surface area contributed by atoms with Gasteiger partial charge in [0.25, 0.3) is 0 Å². The van der Waals surface area contributed by atoms with Gasteiger partial charge in [0.2, 0.25) is 0 Å². The minimum atomic E-state index is -0.425. The van der Waals surface area contributed by atoms with Crippen LogP contribution >= 0.6 is 0 Å². The first-order chi connectivity index (χ1) is 11.6. The minimum Gasteiger partial charge on any atom is -0.394 e. The van der Waals surface area contributed by atoms with Crippen LogP contribution in [0, 0.1) is 5.92 Å². The van der Waals surface area contributed by atoms with E-state index in [1.54, 1.807) is 4.68 Å². The molecule has 126 valence electrons. The highest BCUT2D eigenvalue weighted by molar-refractivity contribution is 5.90. The van der Waals surface area contributed by atoms with E-state index in [2.05, 4.69) is 33.9 Å². The van der Waals surface area contributed by atoms with Gasteiger partial charge >= 0.3 is 5.69 Å². The van der Waals surface area contributed by atoms with Crippen LogP contribution in [0.3, 0.4) is 0 Å². The zero-order valence-electron chi connectivity index (χ0n) is 13.9. The molecule has 0 saturated carbocycles. The number of aromatic nitrogens is 5. The third kappa shape index (κ3) is 3.35. The second-order valence-electron chi connectivity index (χ2n) is 6.17. The van der Waals surface area contributed by atoms with Gasteiger partial charge in [0.1, 0.15) is 5.69 Å². The van der Waals surface area contributed by atoms with Crippen LogP contribution in [0.4, 0.5) is 0 Å². The topological polar surface area (TPSA) is 96.7 Å². The van der Waals surface area contributed by atoms with Crippen molar-refractivity contribution < 1.29 is 5.11 Å². The first kappa shape index (κ1) is 16.3. The fraction of sp³-hybridized carbons (Fsp3) is 0.412. The highest BCUT2D eigenvalue weighted by Gasteiger charge is 2.17. The molecule has 0 radical (unpaired) electrons. The van der Waals surface area contributed by atoms with Crippen LogP contribution in [-0.2, 0) is 13.0 Å². The fourth-order valence-electron chi connectivity index (χ4n) is 2.61. The van der Waals surface area contributed by atoms with E-state index in [0.717, 1.165) is 18.2 Å². The number of rotatable bonds is 6. The summed E-state index contributed by atoms with van der Waals surface area (Å²) in [6, 6.07) is 7.46. The van der Waals surface area contributed by atoms with Crippen LogP contribution in [0.15, 0.2) is 29.1 Å². The van der Waals surface area contributed by atoms with Crippen LogP contribution in [0.1, 0.15) is 26.1 Å². The largest absolute Gasteiger partial charge is 0.394 e. The van der Waals surface area contributed by atoms with E-state index in [0.29, 0.717) is 35.3 Å². The molecule has 0 aliphatic heterocycles. The highest BCUT2D eigenvalue weighted by Crippen LogP contribution is 2.23. The quantitative estimate of drug-likeness (QED) is 0.719. The molecule has 0 saturated heterocycles. The molecular weight excluding hydrogens is 306 g/mol. The SMILES string of the molecule is CC(C)CCc1nc(-c2nc(=O)[nH]c3ccccc23)n(CCO)n1. The van der Waals surface area contributed by atoms with Crippen molar-refractivity contribution in [2.75, 3.05) is 6.61 Å². The highest BCUT2D eigenvalue weighted by atomic mass is 16.3. The van der Waals surface area contributed by atoms with Gasteiger partial charge in [-0.25, -0.2) is 14.5 Å². The molecule has 0 fully saturated rings. The molecule has 2 heterocycles. The second-order valence-corrected chi connectivity index (χ2v) is 6.17. The lowest BCUT2D eigenvalue weighted by molar-refractivity contribution is 0.269. The average Bonchev–Trinajstić information content (AvgIpc) is 2.95. The molecule has 0 atom stereocenters. The Morgan fingerprint density at radius 3 is 2.79 bits per heavy atom. The smallest absolute Gasteiger partial charge is 0.346 e. The first-order valence-electron chi connectivity index (χ1n) is 8.12. The number of para-hydroxylation sites is 1. The van der Waals surface area contributed by atoms with Gasteiger partial charge in [0, 0.05) is 11.8 Å². The molecule has 3 aromatic rings. The first-order valence-corrected chi connectivity index (χ1v) is 8.12. The molecule has 0 aliphatic carbocycles. The zero-order chi connectivity index (χ0) is 17.1. The summed E-state index contributed by atoms with van der Waals surface area (Å²) in [5.41, 5.74) is 0.770. The number of H-pyrrole nitrogens is 1. The summed E-state index contributed by atoms with van der Waals surface area (Å²) in [5, 5.41) is 14.6. The van der Waals surface area contributed by atoms with E-state index in [1.807, 2.05) is 24.3 Å². The molecule has 3 rings (SSSR count). The van der Waals surface area contributed by atoms with E-state index < -0.39 is 5.69 Å². The van der Waals surface area contributed by atoms with Crippen LogP contribution in [0.2, 0.25) is 0 Å². The molecule has 2 aromatic heterocycles. The number of aliphatic hydroxyl groups excluding tert-OH is 1. The van der Waals surface area contributed by atoms with Gasteiger partial charge in [-0.3, -0.25) is 0 Å². The fourth-order valence-corrected chi connectivity index (χ4v) is 2.61. The van der Waals surface area contributed by atoms with Crippen LogP contribution in [-0.4, -0.2) is 36.4 Å². The number of aliphatic hydroxyl groups is 1. The van der Waals surface area contributed by atoms with E-state index >= 15 is 0 Å². The lowest BCUT2D eigenvalue weighted by atomic mass is 10.1.